The molecule has 29 heavy (non-hydrogen) atoms. The highest BCUT2D eigenvalue weighted by atomic mass is 35.5. The van der Waals surface area contributed by atoms with E-state index in [1.807, 2.05) is 0 Å². The highest BCUT2D eigenvalue weighted by molar-refractivity contribution is 6.44. The van der Waals surface area contributed by atoms with Crippen LogP contribution >= 0.6 is 12.4 Å². The summed E-state index contributed by atoms with van der Waals surface area (Å²) in [5.74, 6) is -1.38. The van der Waals surface area contributed by atoms with Gasteiger partial charge in [-0.25, -0.2) is 9.59 Å². The Morgan fingerprint density at radius 1 is 1.38 bits per heavy atom. The van der Waals surface area contributed by atoms with Crippen LogP contribution < -0.4 is 26.2 Å². The van der Waals surface area contributed by atoms with Gasteiger partial charge in [-0.3, -0.25) is 4.79 Å². The van der Waals surface area contributed by atoms with E-state index in [0.29, 0.717) is 18.3 Å². The number of amides is 3. The number of urea groups is 1. The molecule has 0 bridgehead atoms. The van der Waals surface area contributed by atoms with Gasteiger partial charge in [-0.05, 0) is 24.4 Å². The van der Waals surface area contributed by atoms with E-state index in [2.05, 4.69) is 5.32 Å². The van der Waals surface area contributed by atoms with E-state index in [1.54, 1.807) is 12.1 Å². The van der Waals surface area contributed by atoms with E-state index in [1.165, 1.54) is 4.90 Å². The van der Waals surface area contributed by atoms with Crippen molar-refractivity contribution in [2.75, 3.05) is 19.6 Å². The summed E-state index contributed by atoms with van der Waals surface area (Å²) in [6, 6.07) is 1.56. The molecule has 7 N–H and O–H groups in total. The number of benzene rings is 1. The van der Waals surface area contributed by atoms with Gasteiger partial charge >= 0.3 is 19.1 Å². The SMILES string of the molecule is Cl.NC(=O)NC[C@@H](N)C(=O)N1CC(Oc2ccc3c(c2C(=O)O)OB(O)CC3)C1. The zero-order chi connectivity index (χ0) is 20.4. The molecule has 0 spiro atoms. The van der Waals surface area contributed by atoms with E-state index in [4.69, 9.17) is 20.9 Å². The van der Waals surface area contributed by atoms with Crippen molar-refractivity contribution in [3.8, 4) is 11.5 Å². The normalized spacial score (nSPS) is 16.5. The maximum absolute atomic E-state index is 12.2. The van der Waals surface area contributed by atoms with E-state index in [9.17, 15) is 24.5 Å². The Balaban J connectivity index is 0.00000300. The van der Waals surface area contributed by atoms with Gasteiger partial charge in [0.2, 0.25) is 5.91 Å². The lowest BCUT2D eigenvalue weighted by Crippen LogP contribution is -2.61. The zero-order valence-electron chi connectivity index (χ0n) is 15.4. The Morgan fingerprint density at radius 3 is 2.69 bits per heavy atom. The number of fused-ring (bicyclic) bond motifs is 1. The number of halogens is 1. The van der Waals surface area contributed by atoms with Crippen molar-refractivity contribution in [2.24, 2.45) is 11.5 Å². The Bertz CT molecular complexity index is 806. The van der Waals surface area contributed by atoms with Gasteiger partial charge in [-0.2, -0.15) is 0 Å². The summed E-state index contributed by atoms with van der Waals surface area (Å²) in [4.78, 5) is 36.0. The molecular formula is C16H22BClN4O7. The molecule has 0 unspecified atom stereocenters. The van der Waals surface area contributed by atoms with Crippen molar-refractivity contribution < 1.29 is 33.9 Å². The number of nitrogens with two attached hydrogens (primary N) is 2. The quantitative estimate of drug-likeness (QED) is 0.351. The maximum Gasteiger partial charge on any atom is 0.522 e. The predicted molar refractivity (Wildman–Crippen MR) is 104 cm³/mol. The second-order valence-electron chi connectivity index (χ2n) is 6.68. The van der Waals surface area contributed by atoms with Gasteiger partial charge in [0.1, 0.15) is 29.2 Å². The van der Waals surface area contributed by atoms with Gasteiger partial charge in [0, 0.05) is 6.54 Å². The van der Waals surface area contributed by atoms with Crippen molar-refractivity contribution in [3.05, 3.63) is 23.3 Å². The number of carbonyl (C=O) groups is 3. The molecule has 1 saturated heterocycles. The van der Waals surface area contributed by atoms with Gasteiger partial charge in [-0.15, -0.1) is 12.4 Å². The number of carboxylic acids is 1. The number of carbonyl (C=O) groups excluding carboxylic acids is 2. The summed E-state index contributed by atoms with van der Waals surface area (Å²) in [6.45, 7) is 0.370. The van der Waals surface area contributed by atoms with Gasteiger partial charge in [0.05, 0.1) is 13.1 Å². The molecule has 2 aliphatic heterocycles. The molecule has 158 valence electrons. The molecule has 1 aromatic rings. The number of aromatic carboxylic acids is 1. The molecule has 0 saturated carbocycles. The molecule has 2 heterocycles. The molecule has 13 heteroatoms. The number of hydrogen-bond donors (Lipinski definition) is 5. The van der Waals surface area contributed by atoms with Gasteiger partial charge < -0.3 is 41.2 Å². The smallest absolute Gasteiger partial charge is 0.522 e. The number of ether oxygens (including phenoxy) is 1. The summed E-state index contributed by atoms with van der Waals surface area (Å²) >= 11 is 0. The summed E-state index contributed by atoms with van der Waals surface area (Å²) in [5.41, 5.74) is 11.2. The highest BCUT2D eigenvalue weighted by Crippen LogP contribution is 2.37. The van der Waals surface area contributed by atoms with Gasteiger partial charge in [-0.1, -0.05) is 6.07 Å². The first-order valence-corrected chi connectivity index (χ1v) is 8.74. The van der Waals surface area contributed by atoms with Crippen LogP contribution in [-0.2, 0) is 11.2 Å². The number of rotatable bonds is 6. The van der Waals surface area contributed by atoms with Crippen molar-refractivity contribution in [1.82, 2.24) is 10.2 Å². The Kier molecular flexibility index (Phi) is 7.17. The molecule has 1 aromatic carbocycles. The molecule has 11 nitrogen and oxygen atoms in total. The van der Waals surface area contributed by atoms with Crippen LogP contribution in [0.15, 0.2) is 12.1 Å². The number of carboxylic acid groups (broad SMARTS) is 1. The third-order valence-corrected chi connectivity index (χ3v) is 4.60. The van der Waals surface area contributed by atoms with Gasteiger partial charge in [0.15, 0.2) is 0 Å². The number of hydrogen-bond acceptors (Lipinski definition) is 7. The van der Waals surface area contributed by atoms with Crippen LogP contribution in [0.4, 0.5) is 4.79 Å². The van der Waals surface area contributed by atoms with E-state index < -0.39 is 31.3 Å². The largest absolute Gasteiger partial charge is 0.535 e. The van der Waals surface area contributed by atoms with Crippen LogP contribution in [0, 0.1) is 0 Å². The van der Waals surface area contributed by atoms with Crippen molar-refractivity contribution in [1.29, 1.82) is 0 Å². The third-order valence-electron chi connectivity index (χ3n) is 4.60. The number of nitrogens with zero attached hydrogens (tertiary/aromatic N) is 1. The Morgan fingerprint density at radius 2 is 2.07 bits per heavy atom. The lowest BCUT2D eigenvalue weighted by Gasteiger charge is -2.40. The minimum Gasteiger partial charge on any atom is -0.535 e. The standard InChI is InChI=1S/C16H21BN4O7.ClH/c18-10(5-20-16(19)25)14(22)21-6-9(7-21)27-11-2-1-8-3-4-17(26)28-13(8)12(11)15(23)24;/h1-2,9-10,26H,3-7,18H2,(H,23,24)(H3,19,20,25);1H/t10-;/m1./s1. The van der Waals surface area contributed by atoms with Crippen LogP contribution in [0.3, 0.4) is 0 Å². The molecule has 0 aliphatic carbocycles. The minimum absolute atomic E-state index is 0. The molecule has 3 rings (SSSR count). The average molecular weight is 429 g/mol. The first kappa shape index (κ1) is 22.6. The summed E-state index contributed by atoms with van der Waals surface area (Å²) in [7, 11) is -1.06. The molecule has 1 atom stereocenters. The van der Waals surface area contributed by atoms with Crippen molar-refractivity contribution in [2.45, 2.75) is 24.9 Å². The second-order valence-corrected chi connectivity index (χ2v) is 6.68. The van der Waals surface area contributed by atoms with E-state index in [0.717, 1.165) is 0 Å². The summed E-state index contributed by atoms with van der Waals surface area (Å²) < 4.78 is 11.0. The fraction of sp³-hybridized carbons (Fsp3) is 0.438. The number of aryl methyl sites for hydroxylation is 1. The molecular weight excluding hydrogens is 406 g/mol. The lowest BCUT2D eigenvalue weighted by atomic mass is 9.78. The fourth-order valence-electron chi connectivity index (χ4n) is 3.12. The monoisotopic (exact) mass is 428 g/mol. The summed E-state index contributed by atoms with van der Waals surface area (Å²) in [5, 5.41) is 21.5. The Labute approximate surface area is 172 Å². The highest BCUT2D eigenvalue weighted by Gasteiger charge is 2.36. The summed E-state index contributed by atoms with van der Waals surface area (Å²) in [6.07, 6.45) is 0.474. The topological polar surface area (TPSA) is 177 Å². The average Bonchev–Trinajstić information content (AvgIpc) is 2.60. The molecule has 0 radical (unpaired) electrons. The van der Waals surface area contributed by atoms with E-state index in [-0.39, 0.29) is 55.0 Å². The second kappa shape index (κ2) is 9.20. The minimum atomic E-state index is -1.23. The van der Waals surface area contributed by atoms with Crippen LogP contribution in [0.25, 0.3) is 0 Å². The molecule has 2 aliphatic rings. The number of likely N-dealkylation sites (tertiary alicyclic amines) is 1. The molecule has 1 fully saturated rings. The van der Waals surface area contributed by atoms with Crippen LogP contribution in [0.1, 0.15) is 15.9 Å². The maximum atomic E-state index is 12.2. The van der Waals surface area contributed by atoms with E-state index >= 15 is 0 Å². The van der Waals surface area contributed by atoms with Crippen LogP contribution in [0.2, 0.25) is 6.32 Å². The fourth-order valence-corrected chi connectivity index (χ4v) is 3.12. The van der Waals surface area contributed by atoms with Gasteiger partial charge in [0.25, 0.3) is 0 Å². The number of nitrogens with one attached hydrogen (secondary N) is 1. The van der Waals surface area contributed by atoms with Crippen LogP contribution in [0.5, 0.6) is 11.5 Å². The van der Waals surface area contributed by atoms with Crippen molar-refractivity contribution in [3.63, 3.8) is 0 Å². The molecule has 3 amide bonds. The first-order valence-electron chi connectivity index (χ1n) is 8.74. The Hall–Kier alpha value is -2.70. The lowest BCUT2D eigenvalue weighted by molar-refractivity contribution is -0.141. The molecule has 0 aromatic heterocycles. The zero-order valence-corrected chi connectivity index (χ0v) is 16.2. The predicted octanol–water partition coefficient (Wildman–Crippen LogP) is -1.19. The first-order chi connectivity index (χ1) is 13.3. The number of primary amides is 1. The van der Waals surface area contributed by atoms with Crippen molar-refractivity contribution >= 4 is 37.4 Å². The van der Waals surface area contributed by atoms with Crippen LogP contribution in [-0.4, -0.2) is 71.8 Å². The third kappa shape index (κ3) is 5.02.